The van der Waals surface area contributed by atoms with E-state index < -0.39 is 6.09 Å². The summed E-state index contributed by atoms with van der Waals surface area (Å²) in [5.41, 5.74) is 1.10. The first kappa shape index (κ1) is 21.6. The smallest absolute Gasteiger partial charge is 0.412 e. The molecule has 0 saturated heterocycles. The highest BCUT2D eigenvalue weighted by Crippen LogP contribution is 2.37. The van der Waals surface area contributed by atoms with Gasteiger partial charge in [-0.2, -0.15) is 0 Å². The van der Waals surface area contributed by atoms with E-state index in [1.54, 1.807) is 30.3 Å². The van der Waals surface area contributed by atoms with Gasteiger partial charge in [0.1, 0.15) is 11.5 Å². The van der Waals surface area contributed by atoms with Gasteiger partial charge in [-0.25, -0.2) is 4.79 Å². The minimum atomic E-state index is -0.653. The molecule has 2 aromatic rings. The van der Waals surface area contributed by atoms with Crippen molar-refractivity contribution in [3.05, 3.63) is 35.9 Å². The number of hydrogen-bond donors (Lipinski definition) is 1. The van der Waals surface area contributed by atoms with Crippen LogP contribution in [-0.2, 0) is 4.74 Å². The normalized spacial score (nSPS) is 9.55. The fraction of sp³-hybridized carbons (Fsp3) is 0.286. The molecule has 0 heterocycles. The zero-order valence-corrected chi connectivity index (χ0v) is 17.0. The number of methoxy groups -OCH3 is 5. The summed E-state index contributed by atoms with van der Waals surface area (Å²) < 4.78 is 31.2. The molecule has 1 N–H and O–H groups in total. The fourth-order valence-electron chi connectivity index (χ4n) is 2.43. The maximum atomic E-state index is 12.0. The van der Waals surface area contributed by atoms with Crippen molar-refractivity contribution < 1.29 is 33.2 Å². The summed E-state index contributed by atoms with van der Waals surface area (Å²) in [7, 11) is 7.62. The van der Waals surface area contributed by atoms with E-state index in [-0.39, 0.29) is 6.61 Å². The molecule has 0 fully saturated rings. The monoisotopic (exact) mass is 401 g/mol. The highest BCUT2D eigenvalue weighted by molar-refractivity contribution is 5.85. The van der Waals surface area contributed by atoms with Crippen molar-refractivity contribution in [3.8, 4) is 40.6 Å². The number of nitrogens with one attached hydrogen (secondary N) is 1. The fourth-order valence-corrected chi connectivity index (χ4v) is 2.43. The number of rotatable bonds is 7. The largest absolute Gasteiger partial charge is 0.497 e. The van der Waals surface area contributed by atoms with Crippen molar-refractivity contribution >= 4 is 11.8 Å². The molecule has 0 aliphatic heterocycles. The number of hydrogen-bond acceptors (Lipinski definition) is 7. The van der Waals surface area contributed by atoms with Gasteiger partial charge in [-0.1, -0.05) is 11.8 Å². The van der Waals surface area contributed by atoms with Gasteiger partial charge in [0.05, 0.1) is 41.2 Å². The first-order valence-electron chi connectivity index (χ1n) is 8.50. The maximum Gasteiger partial charge on any atom is 0.412 e. The Balaban J connectivity index is 2.01. The quantitative estimate of drug-likeness (QED) is 0.713. The van der Waals surface area contributed by atoms with Crippen LogP contribution in [0.2, 0.25) is 0 Å². The van der Waals surface area contributed by atoms with Crippen LogP contribution < -0.4 is 29.0 Å². The van der Waals surface area contributed by atoms with Crippen molar-refractivity contribution in [2.24, 2.45) is 0 Å². The molecule has 1 amide bonds. The summed E-state index contributed by atoms with van der Waals surface area (Å²) in [4.78, 5) is 12.0. The van der Waals surface area contributed by atoms with E-state index in [2.05, 4.69) is 17.2 Å². The molecule has 0 atom stereocenters. The van der Waals surface area contributed by atoms with E-state index in [1.165, 1.54) is 35.5 Å². The molecular formula is C21H23NO7. The predicted molar refractivity (Wildman–Crippen MR) is 107 cm³/mol. The molecule has 8 heteroatoms. The predicted octanol–water partition coefficient (Wildman–Crippen LogP) is 3.33. The third kappa shape index (κ3) is 5.87. The van der Waals surface area contributed by atoms with Crippen LogP contribution in [-0.4, -0.2) is 48.2 Å². The Morgan fingerprint density at radius 1 is 0.828 bits per heavy atom. The molecule has 29 heavy (non-hydrogen) atoms. The number of anilines is 1. The number of benzene rings is 2. The van der Waals surface area contributed by atoms with E-state index in [4.69, 9.17) is 28.4 Å². The van der Waals surface area contributed by atoms with E-state index in [9.17, 15) is 4.79 Å². The van der Waals surface area contributed by atoms with Gasteiger partial charge in [0, 0.05) is 23.8 Å². The van der Waals surface area contributed by atoms with Crippen molar-refractivity contribution in [3.63, 3.8) is 0 Å². The average molecular weight is 401 g/mol. The van der Waals surface area contributed by atoms with E-state index in [0.29, 0.717) is 40.0 Å². The second kappa shape index (κ2) is 10.6. The summed E-state index contributed by atoms with van der Waals surface area (Å²) in [6.45, 7) is -0.108. The number of carbonyl (C=O) groups is 1. The molecule has 0 aliphatic rings. The minimum Gasteiger partial charge on any atom is -0.497 e. The first-order valence-corrected chi connectivity index (χ1v) is 8.50. The lowest BCUT2D eigenvalue weighted by Crippen LogP contribution is -2.13. The topological polar surface area (TPSA) is 84.5 Å². The lowest BCUT2D eigenvalue weighted by molar-refractivity contribution is 0.176. The Bertz CT molecular complexity index is 868. The van der Waals surface area contributed by atoms with Gasteiger partial charge < -0.3 is 28.4 Å². The van der Waals surface area contributed by atoms with Crippen molar-refractivity contribution in [2.75, 3.05) is 47.5 Å². The lowest BCUT2D eigenvalue weighted by atomic mass is 10.2. The van der Waals surface area contributed by atoms with Gasteiger partial charge in [0.15, 0.2) is 18.1 Å². The van der Waals surface area contributed by atoms with Gasteiger partial charge in [-0.3, -0.25) is 5.32 Å². The molecule has 0 radical (unpaired) electrons. The second-order valence-electron chi connectivity index (χ2n) is 5.52. The standard InChI is InChI=1S/C21H23NO7/c1-24-16-11-15(12-17(13-16)25-2)22-21(23)29-8-6-7-14-9-18(26-3)20(28-5)19(10-14)27-4/h9-13H,8H2,1-5H3,(H,22,23). The number of ether oxygens (including phenoxy) is 6. The Morgan fingerprint density at radius 2 is 1.41 bits per heavy atom. The Kier molecular flexibility index (Phi) is 7.86. The lowest BCUT2D eigenvalue weighted by Gasteiger charge is -2.12. The molecule has 0 aromatic heterocycles. The van der Waals surface area contributed by atoms with Crippen LogP contribution in [0.3, 0.4) is 0 Å². The molecule has 0 bridgehead atoms. The number of amides is 1. The molecule has 8 nitrogen and oxygen atoms in total. The van der Waals surface area contributed by atoms with E-state index >= 15 is 0 Å². The van der Waals surface area contributed by atoms with Gasteiger partial charge in [-0.15, -0.1) is 0 Å². The highest BCUT2D eigenvalue weighted by atomic mass is 16.5. The zero-order valence-electron chi connectivity index (χ0n) is 17.0. The van der Waals surface area contributed by atoms with Crippen LogP contribution in [0, 0.1) is 11.8 Å². The Hall–Kier alpha value is -3.73. The Morgan fingerprint density at radius 3 is 1.90 bits per heavy atom. The molecule has 0 spiro atoms. The summed E-state index contributed by atoms with van der Waals surface area (Å²) in [6, 6.07) is 8.39. The van der Waals surface area contributed by atoms with Gasteiger partial charge in [-0.05, 0) is 12.1 Å². The molecule has 0 saturated carbocycles. The minimum absolute atomic E-state index is 0.108. The zero-order chi connectivity index (χ0) is 21.2. The van der Waals surface area contributed by atoms with Crippen LogP contribution in [0.5, 0.6) is 28.7 Å². The van der Waals surface area contributed by atoms with Crippen LogP contribution in [0.25, 0.3) is 0 Å². The summed E-state index contributed by atoms with van der Waals surface area (Å²) in [5.74, 6) is 8.20. The molecular weight excluding hydrogens is 378 g/mol. The molecule has 2 aromatic carbocycles. The van der Waals surface area contributed by atoms with E-state index in [0.717, 1.165) is 0 Å². The van der Waals surface area contributed by atoms with Crippen molar-refractivity contribution in [2.45, 2.75) is 0 Å². The van der Waals surface area contributed by atoms with Crippen LogP contribution in [0.15, 0.2) is 30.3 Å². The van der Waals surface area contributed by atoms with Crippen LogP contribution in [0.1, 0.15) is 5.56 Å². The van der Waals surface area contributed by atoms with Crippen LogP contribution in [0.4, 0.5) is 10.5 Å². The maximum absolute atomic E-state index is 12.0. The van der Waals surface area contributed by atoms with Crippen molar-refractivity contribution in [1.82, 2.24) is 0 Å². The van der Waals surface area contributed by atoms with Crippen molar-refractivity contribution in [1.29, 1.82) is 0 Å². The second-order valence-corrected chi connectivity index (χ2v) is 5.52. The van der Waals surface area contributed by atoms with Crippen LogP contribution >= 0.6 is 0 Å². The first-order chi connectivity index (χ1) is 14.0. The molecule has 2 rings (SSSR count). The SMILES string of the molecule is COc1cc(NC(=O)OCC#Cc2cc(OC)c(OC)c(OC)c2)cc(OC)c1. The van der Waals surface area contributed by atoms with Gasteiger partial charge in [0.25, 0.3) is 0 Å². The number of carbonyl (C=O) groups excluding carboxylic acids is 1. The third-order valence-corrected chi connectivity index (χ3v) is 3.77. The summed E-state index contributed by atoms with van der Waals surface area (Å²) in [5, 5.41) is 2.60. The van der Waals surface area contributed by atoms with Gasteiger partial charge >= 0.3 is 6.09 Å². The molecule has 0 unspecified atom stereocenters. The van der Waals surface area contributed by atoms with E-state index in [1.807, 2.05) is 0 Å². The average Bonchev–Trinajstić information content (AvgIpc) is 2.75. The summed E-state index contributed by atoms with van der Waals surface area (Å²) >= 11 is 0. The molecule has 0 aliphatic carbocycles. The molecule has 154 valence electrons. The van der Waals surface area contributed by atoms with Gasteiger partial charge in [0.2, 0.25) is 5.75 Å². The third-order valence-electron chi connectivity index (χ3n) is 3.77. The highest BCUT2D eigenvalue weighted by Gasteiger charge is 2.12. The summed E-state index contributed by atoms with van der Waals surface area (Å²) in [6.07, 6.45) is -0.653. The Labute approximate surface area is 169 Å².